The molecule has 0 unspecified atom stereocenters. The van der Waals surface area contributed by atoms with E-state index < -0.39 is 0 Å². The van der Waals surface area contributed by atoms with Crippen LogP contribution in [0.4, 0.5) is 5.69 Å². The van der Waals surface area contributed by atoms with Crippen molar-refractivity contribution in [2.45, 2.75) is 13.5 Å². The van der Waals surface area contributed by atoms with Gasteiger partial charge in [0.05, 0.1) is 36.5 Å². The highest BCUT2D eigenvalue weighted by molar-refractivity contribution is 6.29. The van der Waals surface area contributed by atoms with Crippen LogP contribution >= 0.6 is 11.6 Å². The Morgan fingerprint density at radius 3 is 2.68 bits per heavy atom. The molecule has 0 radical (unpaired) electrons. The first-order chi connectivity index (χ1) is 9.10. The molecule has 2 rings (SSSR count). The molecule has 0 bridgehead atoms. The second kappa shape index (κ2) is 5.79. The van der Waals surface area contributed by atoms with Gasteiger partial charge in [-0.15, -0.1) is 0 Å². The van der Waals surface area contributed by atoms with E-state index in [-0.39, 0.29) is 12.1 Å². The molecule has 0 N–H and O–H groups in total. The Morgan fingerprint density at radius 2 is 2.11 bits per heavy atom. The second-order valence-corrected chi connectivity index (χ2v) is 4.44. The van der Waals surface area contributed by atoms with Crippen LogP contribution in [0.2, 0.25) is 5.15 Å². The van der Waals surface area contributed by atoms with E-state index in [0.29, 0.717) is 10.8 Å². The van der Waals surface area contributed by atoms with E-state index in [1.54, 1.807) is 12.3 Å². The Bertz CT molecular complexity index is 610. The molecular weight excluding hydrogens is 266 g/mol. The van der Waals surface area contributed by atoms with Crippen molar-refractivity contribution in [1.29, 1.82) is 0 Å². The molecule has 0 aliphatic rings. The number of hydrogen-bond acceptors (Lipinski definition) is 5. The number of hydrogen-bond donors (Lipinski definition) is 0. The minimum absolute atomic E-state index is 0.172. The van der Waals surface area contributed by atoms with Gasteiger partial charge in [0, 0.05) is 19.7 Å². The van der Waals surface area contributed by atoms with E-state index in [4.69, 9.17) is 11.6 Å². The predicted octanol–water partition coefficient (Wildman–Crippen LogP) is 1.19. The van der Waals surface area contributed by atoms with Crippen molar-refractivity contribution in [2.75, 3.05) is 18.5 Å². The smallest absolute Gasteiger partial charge is 0.269 e. The van der Waals surface area contributed by atoms with Gasteiger partial charge in [0.2, 0.25) is 0 Å². The van der Waals surface area contributed by atoms with E-state index in [9.17, 15) is 4.79 Å². The lowest BCUT2D eigenvalue weighted by molar-refractivity contribution is 0.624. The van der Waals surface area contributed by atoms with Crippen LogP contribution in [0.5, 0.6) is 0 Å². The number of anilines is 1. The molecule has 0 aromatic carbocycles. The van der Waals surface area contributed by atoms with E-state index in [0.717, 1.165) is 12.2 Å². The predicted molar refractivity (Wildman–Crippen MR) is 73.6 cm³/mol. The molecule has 0 saturated heterocycles. The molecule has 0 aliphatic heterocycles. The summed E-state index contributed by atoms with van der Waals surface area (Å²) >= 11 is 5.65. The van der Waals surface area contributed by atoms with Crippen LogP contribution in [0.15, 0.2) is 29.5 Å². The molecule has 2 aromatic rings. The van der Waals surface area contributed by atoms with E-state index in [1.165, 1.54) is 17.1 Å². The van der Waals surface area contributed by atoms with Crippen molar-refractivity contribution in [2.24, 2.45) is 0 Å². The number of nitrogens with zero attached hydrogens (tertiary/aromatic N) is 5. The fourth-order valence-electron chi connectivity index (χ4n) is 1.51. The lowest BCUT2D eigenvalue weighted by Gasteiger charge is -2.16. The topological polar surface area (TPSA) is 63.9 Å². The Morgan fingerprint density at radius 1 is 1.32 bits per heavy atom. The summed E-state index contributed by atoms with van der Waals surface area (Å²) in [5.74, 6) is 0. The summed E-state index contributed by atoms with van der Waals surface area (Å²) in [4.78, 5) is 21.9. The van der Waals surface area contributed by atoms with Crippen LogP contribution in [-0.4, -0.2) is 33.3 Å². The number of halogens is 1. The van der Waals surface area contributed by atoms with Gasteiger partial charge in [-0.25, -0.2) is 9.67 Å². The summed E-state index contributed by atoms with van der Waals surface area (Å²) in [5.41, 5.74) is 1.26. The van der Waals surface area contributed by atoms with Crippen LogP contribution in [0.3, 0.4) is 0 Å². The second-order valence-electron chi connectivity index (χ2n) is 4.05. The van der Waals surface area contributed by atoms with Crippen molar-refractivity contribution in [1.82, 2.24) is 19.7 Å². The quantitative estimate of drug-likeness (QED) is 0.841. The number of aromatic nitrogens is 4. The molecule has 0 aliphatic carbocycles. The maximum absolute atomic E-state index is 11.9. The van der Waals surface area contributed by atoms with Gasteiger partial charge in [-0.1, -0.05) is 11.6 Å². The van der Waals surface area contributed by atoms with Crippen LogP contribution in [-0.2, 0) is 6.54 Å². The average molecular weight is 280 g/mol. The maximum atomic E-state index is 11.9. The Balaban J connectivity index is 2.22. The molecule has 19 heavy (non-hydrogen) atoms. The molecular formula is C12H14ClN5O. The zero-order valence-corrected chi connectivity index (χ0v) is 11.5. The molecule has 100 valence electrons. The highest BCUT2D eigenvalue weighted by atomic mass is 35.5. The first kappa shape index (κ1) is 13.5. The van der Waals surface area contributed by atoms with Crippen molar-refractivity contribution >= 4 is 17.3 Å². The molecule has 2 heterocycles. The van der Waals surface area contributed by atoms with Gasteiger partial charge in [-0.2, -0.15) is 5.10 Å². The molecule has 0 saturated carbocycles. The Labute approximate surface area is 115 Å². The van der Waals surface area contributed by atoms with E-state index in [1.807, 2.05) is 18.9 Å². The van der Waals surface area contributed by atoms with Gasteiger partial charge in [0.15, 0.2) is 0 Å². The third kappa shape index (κ3) is 3.29. The van der Waals surface area contributed by atoms with Gasteiger partial charge < -0.3 is 4.90 Å². The number of rotatable bonds is 4. The maximum Gasteiger partial charge on any atom is 0.269 e. The molecule has 0 amide bonds. The summed E-state index contributed by atoms with van der Waals surface area (Å²) < 4.78 is 1.34. The summed E-state index contributed by atoms with van der Waals surface area (Å²) in [7, 11) is 1.91. The molecule has 7 heteroatoms. The van der Waals surface area contributed by atoms with E-state index in [2.05, 4.69) is 15.1 Å². The average Bonchev–Trinajstić information content (AvgIpc) is 2.42. The normalized spacial score (nSPS) is 10.5. The first-order valence-corrected chi connectivity index (χ1v) is 6.22. The zero-order valence-electron chi connectivity index (χ0n) is 10.7. The zero-order chi connectivity index (χ0) is 13.8. The van der Waals surface area contributed by atoms with Crippen LogP contribution < -0.4 is 10.5 Å². The Kier molecular flexibility index (Phi) is 4.11. The minimum Gasteiger partial charge on any atom is -0.373 e. The standard InChI is InChI=1S/C12H14ClN5O/c1-3-17(2)10-4-12(19)18(16-6-10)8-9-5-15-11(13)7-14-9/h4-7H,3,8H2,1-2H3. The highest BCUT2D eigenvalue weighted by Crippen LogP contribution is 2.06. The molecule has 0 spiro atoms. The van der Waals surface area contributed by atoms with Gasteiger partial charge in [-0.05, 0) is 6.92 Å². The largest absolute Gasteiger partial charge is 0.373 e. The van der Waals surface area contributed by atoms with Crippen LogP contribution in [0.25, 0.3) is 0 Å². The summed E-state index contributed by atoms with van der Waals surface area (Å²) in [6.45, 7) is 3.10. The summed E-state index contributed by atoms with van der Waals surface area (Å²) in [6.07, 6.45) is 4.64. The fourth-order valence-corrected chi connectivity index (χ4v) is 1.61. The van der Waals surface area contributed by atoms with Crippen molar-refractivity contribution in [3.8, 4) is 0 Å². The first-order valence-electron chi connectivity index (χ1n) is 5.85. The van der Waals surface area contributed by atoms with Crippen LogP contribution in [0.1, 0.15) is 12.6 Å². The molecule has 0 fully saturated rings. The third-order valence-corrected chi connectivity index (χ3v) is 2.95. The molecule has 0 atom stereocenters. The van der Waals surface area contributed by atoms with Gasteiger partial charge in [0.25, 0.3) is 5.56 Å². The minimum atomic E-state index is -0.172. The van der Waals surface area contributed by atoms with Crippen molar-refractivity contribution in [3.05, 3.63) is 45.9 Å². The SMILES string of the molecule is CCN(C)c1cnn(Cc2cnc(Cl)cn2)c(=O)c1. The Hall–Kier alpha value is -1.95. The summed E-state index contributed by atoms with van der Waals surface area (Å²) in [6, 6.07) is 1.56. The van der Waals surface area contributed by atoms with Gasteiger partial charge in [-0.3, -0.25) is 9.78 Å². The third-order valence-electron chi connectivity index (χ3n) is 2.76. The van der Waals surface area contributed by atoms with Gasteiger partial charge in [0.1, 0.15) is 5.15 Å². The highest BCUT2D eigenvalue weighted by Gasteiger charge is 2.05. The molecule has 6 nitrogen and oxygen atoms in total. The fraction of sp³-hybridized carbons (Fsp3) is 0.333. The lowest BCUT2D eigenvalue weighted by Crippen LogP contribution is -2.26. The van der Waals surface area contributed by atoms with Crippen LogP contribution in [0, 0.1) is 0 Å². The molecule has 2 aromatic heterocycles. The summed E-state index contributed by atoms with van der Waals surface area (Å²) in [5, 5.41) is 4.45. The van der Waals surface area contributed by atoms with Crippen molar-refractivity contribution in [3.63, 3.8) is 0 Å². The van der Waals surface area contributed by atoms with Gasteiger partial charge >= 0.3 is 0 Å². The lowest BCUT2D eigenvalue weighted by atomic mass is 10.4. The van der Waals surface area contributed by atoms with Crippen molar-refractivity contribution < 1.29 is 0 Å². The van der Waals surface area contributed by atoms with E-state index >= 15 is 0 Å². The monoisotopic (exact) mass is 279 g/mol.